The standard InChI is InChI=1S/C18H23ClN4OS/c1-13-7-8-15(9-16(13)19)23-12-21-22-18(23)25-11-17(24)20-10-14-5-3-2-4-6-14/h7-9,12,14H,2-6,10-11H2,1H3,(H,20,24). The number of nitrogens with one attached hydrogen (secondary N) is 1. The molecule has 1 aliphatic carbocycles. The van der Waals surface area contributed by atoms with Gasteiger partial charge in [0.05, 0.1) is 11.4 Å². The summed E-state index contributed by atoms with van der Waals surface area (Å²) in [5, 5.41) is 12.5. The van der Waals surface area contributed by atoms with Crippen molar-refractivity contribution in [2.24, 2.45) is 5.92 Å². The summed E-state index contributed by atoms with van der Waals surface area (Å²) < 4.78 is 1.85. The Kier molecular flexibility index (Phi) is 6.37. The molecule has 7 heteroatoms. The van der Waals surface area contributed by atoms with Gasteiger partial charge in [-0.1, -0.05) is 48.7 Å². The van der Waals surface area contributed by atoms with Gasteiger partial charge in [0.15, 0.2) is 5.16 Å². The van der Waals surface area contributed by atoms with Crippen LogP contribution in [-0.4, -0.2) is 33.0 Å². The minimum atomic E-state index is 0.0482. The lowest BCUT2D eigenvalue weighted by atomic mass is 9.89. The van der Waals surface area contributed by atoms with E-state index in [1.807, 2.05) is 29.7 Å². The van der Waals surface area contributed by atoms with E-state index in [1.54, 1.807) is 6.33 Å². The van der Waals surface area contributed by atoms with E-state index >= 15 is 0 Å². The number of benzene rings is 1. The number of thioether (sulfide) groups is 1. The third kappa shape index (κ3) is 4.98. The molecule has 0 spiro atoms. The van der Waals surface area contributed by atoms with Crippen molar-refractivity contribution in [3.8, 4) is 5.69 Å². The Balaban J connectivity index is 1.54. The van der Waals surface area contributed by atoms with E-state index in [0.29, 0.717) is 21.8 Å². The Morgan fingerprint density at radius 2 is 2.16 bits per heavy atom. The number of aromatic nitrogens is 3. The second-order valence-corrected chi connectivity index (χ2v) is 7.86. The number of nitrogens with zero attached hydrogens (tertiary/aromatic N) is 3. The SMILES string of the molecule is Cc1ccc(-n2cnnc2SCC(=O)NCC2CCCCC2)cc1Cl. The number of carbonyl (C=O) groups excluding carboxylic acids is 1. The normalized spacial score (nSPS) is 15.3. The van der Waals surface area contributed by atoms with Crippen molar-refractivity contribution in [1.82, 2.24) is 20.1 Å². The molecule has 5 nitrogen and oxygen atoms in total. The van der Waals surface area contributed by atoms with Gasteiger partial charge < -0.3 is 5.32 Å². The molecule has 0 bridgehead atoms. The Hall–Kier alpha value is -1.53. The van der Waals surface area contributed by atoms with Crippen molar-refractivity contribution in [3.63, 3.8) is 0 Å². The maximum atomic E-state index is 12.1. The summed E-state index contributed by atoms with van der Waals surface area (Å²) in [6.45, 7) is 2.75. The van der Waals surface area contributed by atoms with Gasteiger partial charge in [-0.2, -0.15) is 0 Å². The van der Waals surface area contributed by atoms with E-state index in [1.165, 1.54) is 43.9 Å². The molecule has 1 amide bonds. The molecule has 25 heavy (non-hydrogen) atoms. The van der Waals surface area contributed by atoms with E-state index in [-0.39, 0.29) is 5.91 Å². The molecule has 0 saturated heterocycles. The van der Waals surface area contributed by atoms with E-state index in [9.17, 15) is 4.79 Å². The summed E-state index contributed by atoms with van der Waals surface area (Å²) in [5.74, 6) is 1.03. The zero-order valence-electron chi connectivity index (χ0n) is 14.4. The number of amides is 1. The Labute approximate surface area is 157 Å². The lowest BCUT2D eigenvalue weighted by Gasteiger charge is -2.21. The number of halogens is 1. The molecule has 1 saturated carbocycles. The van der Waals surface area contributed by atoms with Crippen molar-refractivity contribution in [3.05, 3.63) is 35.1 Å². The summed E-state index contributed by atoms with van der Waals surface area (Å²) >= 11 is 7.59. The smallest absolute Gasteiger partial charge is 0.230 e. The molecule has 0 atom stereocenters. The molecule has 2 aromatic rings. The van der Waals surface area contributed by atoms with Crippen molar-refractivity contribution in [2.75, 3.05) is 12.3 Å². The van der Waals surface area contributed by atoms with Crippen LogP contribution in [0.1, 0.15) is 37.7 Å². The van der Waals surface area contributed by atoms with Gasteiger partial charge in [0, 0.05) is 11.6 Å². The first-order valence-corrected chi connectivity index (χ1v) is 10.1. The summed E-state index contributed by atoms with van der Waals surface area (Å²) in [6, 6.07) is 5.81. The minimum absolute atomic E-state index is 0.0482. The van der Waals surface area contributed by atoms with Crippen LogP contribution in [0.15, 0.2) is 29.7 Å². The van der Waals surface area contributed by atoms with Crippen molar-refractivity contribution in [1.29, 1.82) is 0 Å². The second kappa shape index (κ2) is 8.72. The van der Waals surface area contributed by atoms with Gasteiger partial charge in [-0.05, 0) is 43.4 Å². The number of carbonyl (C=O) groups is 1. The lowest BCUT2D eigenvalue weighted by molar-refractivity contribution is -0.118. The fraction of sp³-hybridized carbons (Fsp3) is 0.500. The molecule has 0 aliphatic heterocycles. The molecule has 0 radical (unpaired) electrons. The van der Waals surface area contributed by atoms with Gasteiger partial charge in [0.1, 0.15) is 6.33 Å². The van der Waals surface area contributed by atoms with Gasteiger partial charge in [0.25, 0.3) is 0 Å². The van der Waals surface area contributed by atoms with Crippen LogP contribution < -0.4 is 5.32 Å². The van der Waals surface area contributed by atoms with Crippen LogP contribution in [0.5, 0.6) is 0 Å². The highest BCUT2D eigenvalue weighted by Crippen LogP contribution is 2.24. The molecule has 1 aromatic carbocycles. The van der Waals surface area contributed by atoms with Crippen LogP contribution in [0.2, 0.25) is 5.02 Å². The fourth-order valence-electron chi connectivity index (χ4n) is 3.06. The molecular formula is C18H23ClN4OS. The maximum absolute atomic E-state index is 12.1. The first-order chi connectivity index (χ1) is 12.1. The maximum Gasteiger partial charge on any atom is 0.230 e. The monoisotopic (exact) mass is 378 g/mol. The van der Waals surface area contributed by atoms with Gasteiger partial charge in [-0.15, -0.1) is 10.2 Å². The minimum Gasteiger partial charge on any atom is -0.355 e. The number of hydrogen-bond donors (Lipinski definition) is 1. The molecule has 1 aromatic heterocycles. The third-order valence-corrected chi connectivity index (χ3v) is 5.95. The second-order valence-electron chi connectivity index (χ2n) is 6.51. The Morgan fingerprint density at radius 1 is 1.36 bits per heavy atom. The summed E-state index contributed by atoms with van der Waals surface area (Å²) in [6.07, 6.45) is 8.02. The molecule has 0 unspecified atom stereocenters. The predicted molar refractivity (Wildman–Crippen MR) is 101 cm³/mol. The van der Waals surface area contributed by atoms with Crippen LogP contribution in [0.3, 0.4) is 0 Å². The zero-order chi connectivity index (χ0) is 17.6. The highest BCUT2D eigenvalue weighted by atomic mass is 35.5. The van der Waals surface area contributed by atoms with Gasteiger partial charge in [-0.3, -0.25) is 9.36 Å². The van der Waals surface area contributed by atoms with Gasteiger partial charge >= 0.3 is 0 Å². The van der Waals surface area contributed by atoms with Crippen molar-refractivity contribution in [2.45, 2.75) is 44.2 Å². The zero-order valence-corrected chi connectivity index (χ0v) is 15.9. The Morgan fingerprint density at radius 3 is 2.92 bits per heavy atom. The quantitative estimate of drug-likeness (QED) is 0.771. The highest BCUT2D eigenvalue weighted by molar-refractivity contribution is 7.99. The van der Waals surface area contributed by atoms with E-state index < -0.39 is 0 Å². The first kappa shape index (κ1) is 18.3. The summed E-state index contributed by atoms with van der Waals surface area (Å²) in [7, 11) is 0. The number of hydrogen-bond acceptors (Lipinski definition) is 4. The van der Waals surface area contributed by atoms with Crippen molar-refractivity contribution >= 4 is 29.3 Å². The van der Waals surface area contributed by atoms with E-state index in [0.717, 1.165) is 17.8 Å². The highest BCUT2D eigenvalue weighted by Gasteiger charge is 2.15. The number of aryl methyl sites for hydroxylation is 1. The van der Waals surface area contributed by atoms with E-state index in [4.69, 9.17) is 11.6 Å². The molecule has 3 rings (SSSR count). The number of rotatable bonds is 6. The van der Waals surface area contributed by atoms with Crippen molar-refractivity contribution < 1.29 is 4.79 Å². The molecule has 1 N–H and O–H groups in total. The van der Waals surface area contributed by atoms with Crippen LogP contribution in [0.25, 0.3) is 5.69 Å². The molecule has 1 heterocycles. The third-order valence-electron chi connectivity index (χ3n) is 4.60. The van der Waals surface area contributed by atoms with Crippen LogP contribution in [-0.2, 0) is 4.79 Å². The summed E-state index contributed by atoms with van der Waals surface area (Å²) in [4.78, 5) is 12.1. The molecular weight excluding hydrogens is 356 g/mol. The molecule has 1 fully saturated rings. The first-order valence-electron chi connectivity index (χ1n) is 8.69. The summed E-state index contributed by atoms with van der Waals surface area (Å²) in [5.41, 5.74) is 1.92. The largest absolute Gasteiger partial charge is 0.355 e. The van der Waals surface area contributed by atoms with Crippen LogP contribution in [0.4, 0.5) is 0 Å². The Bertz CT molecular complexity index is 728. The van der Waals surface area contributed by atoms with E-state index in [2.05, 4.69) is 15.5 Å². The van der Waals surface area contributed by atoms with Gasteiger partial charge in [0.2, 0.25) is 5.91 Å². The fourth-order valence-corrected chi connectivity index (χ4v) is 4.00. The van der Waals surface area contributed by atoms with Gasteiger partial charge in [-0.25, -0.2) is 0 Å². The molecule has 1 aliphatic rings. The van der Waals surface area contributed by atoms with Crippen LogP contribution >= 0.6 is 23.4 Å². The lowest BCUT2D eigenvalue weighted by Crippen LogP contribution is -2.31. The average molecular weight is 379 g/mol. The van der Waals surface area contributed by atoms with Crippen LogP contribution in [0, 0.1) is 12.8 Å². The predicted octanol–water partition coefficient (Wildman–Crippen LogP) is 4.02. The topological polar surface area (TPSA) is 59.8 Å². The average Bonchev–Trinajstić information content (AvgIpc) is 3.10. The molecule has 134 valence electrons.